The second-order valence-electron chi connectivity index (χ2n) is 8.80. The molecule has 3 aliphatic heterocycles. The summed E-state index contributed by atoms with van der Waals surface area (Å²) in [5, 5.41) is 3.35. The zero-order chi connectivity index (χ0) is 20.6. The second kappa shape index (κ2) is 7.85. The minimum Gasteiger partial charge on any atom is -0.447 e. The van der Waals surface area contributed by atoms with Crippen molar-refractivity contribution in [3.63, 3.8) is 0 Å². The predicted octanol–water partition coefficient (Wildman–Crippen LogP) is 2.30. The Morgan fingerprint density at radius 2 is 1.70 bits per heavy atom. The van der Waals surface area contributed by atoms with Crippen LogP contribution in [0, 0.1) is 11.3 Å². The quantitative estimate of drug-likeness (QED) is 0.827. The third-order valence-electron chi connectivity index (χ3n) is 6.73. The average Bonchev–Trinajstić information content (AvgIpc) is 3.30. The summed E-state index contributed by atoms with van der Waals surface area (Å²) in [6.45, 7) is 4.28. The Morgan fingerprint density at radius 1 is 1.03 bits per heavy atom. The van der Waals surface area contributed by atoms with Gasteiger partial charge >= 0.3 is 6.09 Å². The van der Waals surface area contributed by atoms with Gasteiger partial charge in [0.05, 0.1) is 12.0 Å². The summed E-state index contributed by atoms with van der Waals surface area (Å²) in [6.07, 6.45) is 0.133. The van der Waals surface area contributed by atoms with E-state index in [0.29, 0.717) is 13.0 Å². The molecule has 1 spiro atoms. The standard InChI is InChI=1S/C24H27N3O3/c28-22(27-20(14-30-23(27)29)11-18-7-3-1-4-8-18)21-13-26(17-24(21)15-25-16-24)12-19-9-5-2-6-10-19/h1-10,20-21,25H,11-17H2. The summed E-state index contributed by atoms with van der Waals surface area (Å²) >= 11 is 0. The Bertz CT molecular complexity index is 914. The Morgan fingerprint density at radius 3 is 2.33 bits per heavy atom. The van der Waals surface area contributed by atoms with Crippen LogP contribution in [0.5, 0.6) is 0 Å². The van der Waals surface area contributed by atoms with E-state index < -0.39 is 6.09 Å². The van der Waals surface area contributed by atoms with Crippen LogP contribution in [-0.2, 0) is 22.5 Å². The van der Waals surface area contributed by atoms with Gasteiger partial charge in [-0.2, -0.15) is 0 Å². The van der Waals surface area contributed by atoms with E-state index in [1.54, 1.807) is 0 Å². The van der Waals surface area contributed by atoms with Gasteiger partial charge < -0.3 is 10.1 Å². The lowest BCUT2D eigenvalue weighted by Gasteiger charge is -2.43. The normalized spacial score (nSPS) is 25.3. The van der Waals surface area contributed by atoms with Gasteiger partial charge in [-0.1, -0.05) is 60.7 Å². The predicted molar refractivity (Wildman–Crippen MR) is 113 cm³/mol. The second-order valence-corrected chi connectivity index (χ2v) is 8.80. The monoisotopic (exact) mass is 405 g/mol. The first kappa shape index (κ1) is 19.3. The van der Waals surface area contributed by atoms with Crippen LogP contribution in [0.3, 0.4) is 0 Å². The highest BCUT2D eigenvalue weighted by Gasteiger charge is 2.56. The minimum atomic E-state index is -0.495. The largest absolute Gasteiger partial charge is 0.447 e. The number of nitrogens with one attached hydrogen (secondary N) is 1. The van der Waals surface area contributed by atoms with Crippen molar-refractivity contribution < 1.29 is 14.3 Å². The number of benzene rings is 2. The summed E-state index contributed by atoms with van der Waals surface area (Å²) < 4.78 is 5.31. The highest BCUT2D eigenvalue weighted by Crippen LogP contribution is 2.42. The van der Waals surface area contributed by atoms with Crippen molar-refractivity contribution in [2.24, 2.45) is 11.3 Å². The van der Waals surface area contributed by atoms with Crippen LogP contribution in [0.1, 0.15) is 11.1 Å². The van der Waals surface area contributed by atoms with Crippen molar-refractivity contribution in [2.75, 3.05) is 32.8 Å². The third kappa shape index (κ3) is 3.50. The highest BCUT2D eigenvalue weighted by molar-refractivity contribution is 5.95. The van der Waals surface area contributed by atoms with E-state index in [-0.39, 0.29) is 29.9 Å². The lowest BCUT2D eigenvalue weighted by Crippen LogP contribution is -2.61. The molecule has 30 heavy (non-hydrogen) atoms. The van der Waals surface area contributed by atoms with E-state index in [0.717, 1.165) is 31.7 Å². The molecule has 2 amide bonds. The fourth-order valence-electron chi connectivity index (χ4n) is 5.11. The molecule has 0 aromatic heterocycles. The van der Waals surface area contributed by atoms with Gasteiger partial charge in [-0.25, -0.2) is 9.69 Å². The molecule has 5 rings (SSSR count). The van der Waals surface area contributed by atoms with Crippen LogP contribution < -0.4 is 5.32 Å². The molecule has 2 unspecified atom stereocenters. The van der Waals surface area contributed by atoms with Crippen molar-refractivity contribution >= 4 is 12.0 Å². The van der Waals surface area contributed by atoms with Crippen molar-refractivity contribution in [1.29, 1.82) is 0 Å². The zero-order valence-corrected chi connectivity index (χ0v) is 17.0. The van der Waals surface area contributed by atoms with Gasteiger partial charge in [0.1, 0.15) is 6.61 Å². The topological polar surface area (TPSA) is 61.9 Å². The van der Waals surface area contributed by atoms with Gasteiger partial charge in [0.2, 0.25) is 5.91 Å². The number of hydrogen-bond acceptors (Lipinski definition) is 5. The van der Waals surface area contributed by atoms with Gasteiger partial charge in [0.25, 0.3) is 0 Å². The molecule has 3 fully saturated rings. The molecule has 2 atom stereocenters. The third-order valence-corrected chi connectivity index (χ3v) is 6.73. The summed E-state index contributed by atoms with van der Waals surface area (Å²) in [6, 6.07) is 20.1. The van der Waals surface area contributed by atoms with Crippen LogP contribution >= 0.6 is 0 Å². The Kier molecular flexibility index (Phi) is 5.05. The van der Waals surface area contributed by atoms with Crippen LogP contribution in [0.2, 0.25) is 0 Å². The Labute approximate surface area is 176 Å². The zero-order valence-electron chi connectivity index (χ0n) is 17.0. The van der Waals surface area contributed by atoms with Gasteiger partial charge in [0, 0.05) is 38.1 Å². The lowest BCUT2D eigenvalue weighted by molar-refractivity contribution is -0.137. The molecular formula is C24H27N3O3. The molecule has 6 heteroatoms. The first-order chi connectivity index (χ1) is 14.6. The van der Waals surface area contributed by atoms with E-state index in [1.807, 2.05) is 48.5 Å². The lowest BCUT2D eigenvalue weighted by atomic mass is 9.72. The molecule has 3 aliphatic rings. The first-order valence-corrected chi connectivity index (χ1v) is 10.7. The Hall–Kier alpha value is -2.70. The van der Waals surface area contributed by atoms with E-state index in [2.05, 4.69) is 22.3 Å². The molecule has 3 saturated heterocycles. The summed E-state index contributed by atoms with van der Waals surface area (Å²) in [5.74, 6) is -0.262. The number of amides is 2. The number of imide groups is 1. The number of rotatable bonds is 5. The maximum Gasteiger partial charge on any atom is 0.416 e. The molecular weight excluding hydrogens is 378 g/mol. The summed E-state index contributed by atoms with van der Waals surface area (Å²) in [7, 11) is 0. The molecule has 0 saturated carbocycles. The number of likely N-dealkylation sites (tertiary alicyclic amines) is 1. The molecule has 1 N–H and O–H groups in total. The van der Waals surface area contributed by atoms with Gasteiger partial charge in [-0.05, 0) is 17.5 Å². The number of nitrogens with zero attached hydrogens (tertiary/aromatic N) is 2. The molecule has 0 radical (unpaired) electrons. The van der Waals surface area contributed by atoms with Crippen molar-refractivity contribution in [2.45, 2.75) is 19.0 Å². The van der Waals surface area contributed by atoms with Crippen LogP contribution in [0.4, 0.5) is 4.79 Å². The molecule has 6 nitrogen and oxygen atoms in total. The van der Waals surface area contributed by atoms with E-state index in [9.17, 15) is 9.59 Å². The van der Waals surface area contributed by atoms with E-state index >= 15 is 0 Å². The fraction of sp³-hybridized carbons (Fsp3) is 0.417. The molecule has 0 bridgehead atoms. The van der Waals surface area contributed by atoms with Gasteiger partial charge in [0.15, 0.2) is 0 Å². The van der Waals surface area contributed by atoms with Crippen LogP contribution in [0.25, 0.3) is 0 Å². The SMILES string of the molecule is O=C1OCC(Cc2ccccc2)N1C(=O)C1CN(Cc2ccccc2)CC12CNC2. The minimum absolute atomic E-state index is 0.0736. The van der Waals surface area contributed by atoms with Crippen molar-refractivity contribution in [3.8, 4) is 0 Å². The summed E-state index contributed by atoms with van der Waals surface area (Å²) in [4.78, 5) is 29.9. The molecule has 2 aromatic rings. The van der Waals surface area contributed by atoms with E-state index in [1.165, 1.54) is 10.5 Å². The van der Waals surface area contributed by atoms with Crippen LogP contribution in [-0.4, -0.2) is 60.6 Å². The number of carbonyl (C=O) groups excluding carboxylic acids is 2. The van der Waals surface area contributed by atoms with Gasteiger partial charge in [-0.3, -0.25) is 9.69 Å². The maximum atomic E-state index is 13.6. The number of hydrogen-bond donors (Lipinski definition) is 1. The molecule has 2 aromatic carbocycles. The molecule has 156 valence electrons. The Balaban J connectivity index is 1.33. The molecule has 0 aliphatic carbocycles. The maximum absolute atomic E-state index is 13.6. The van der Waals surface area contributed by atoms with Gasteiger partial charge in [-0.15, -0.1) is 0 Å². The first-order valence-electron chi connectivity index (χ1n) is 10.7. The highest BCUT2D eigenvalue weighted by atomic mass is 16.6. The smallest absolute Gasteiger partial charge is 0.416 e. The number of cyclic esters (lactones) is 1. The van der Waals surface area contributed by atoms with Crippen LogP contribution in [0.15, 0.2) is 60.7 Å². The fourth-order valence-corrected chi connectivity index (χ4v) is 5.11. The van der Waals surface area contributed by atoms with Crippen molar-refractivity contribution in [1.82, 2.24) is 15.1 Å². The molecule has 3 heterocycles. The van der Waals surface area contributed by atoms with E-state index in [4.69, 9.17) is 4.74 Å². The number of ether oxygens (including phenoxy) is 1. The number of carbonyl (C=O) groups is 2. The van der Waals surface area contributed by atoms with Crippen molar-refractivity contribution in [3.05, 3.63) is 71.8 Å². The summed E-state index contributed by atoms with van der Waals surface area (Å²) in [5.41, 5.74) is 2.26. The average molecular weight is 405 g/mol.